The maximum absolute atomic E-state index is 12.7. The third-order valence-corrected chi connectivity index (χ3v) is 2.94. The smallest absolute Gasteiger partial charge is 0.416 e. The van der Waals surface area contributed by atoms with E-state index in [1.165, 1.54) is 7.11 Å². The fraction of sp³-hybridized carbons (Fsp3) is 0.417. The summed E-state index contributed by atoms with van der Waals surface area (Å²) >= 11 is 0. The molecule has 1 aliphatic carbocycles. The number of methoxy groups -OCH3 is 1. The monoisotopic (exact) mass is 259 g/mol. The van der Waals surface area contributed by atoms with Crippen LogP contribution in [0.3, 0.4) is 0 Å². The van der Waals surface area contributed by atoms with Gasteiger partial charge >= 0.3 is 6.18 Å². The maximum atomic E-state index is 12.7. The number of carbonyl (C=O) groups is 1. The van der Waals surface area contributed by atoms with Gasteiger partial charge in [-0.15, -0.1) is 0 Å². The molecule has 0 aliphatic heterocycles. The topological polar surface area (TPSA) is 52.3 Å². The van der Waals surface area contributed by atoms with Crippen LogP contribution in [0.5, 0.6) is 5.75 Å². The molecule has 0 aromatic heterocycles. The van der Waals surface area contributed by atoms with E-state index in [0.29, 0.717) is 5.56 Å². The summed E-state index contributed by atoms with van der Waals surface area (Å²) < 4.78 is 43.0. The molecule has 2 rings (SSSR count). The second kappa shape index (κ2) is 4.19. The van der Waals surface area contributed by atoms with Gasteiger partial charge in [0.2, 0.25) is 0 Å². The predicted octanol–water partition coefficient (Wildman–Crippen LogP) is 2.69. The van der Waals surface area contributed by atoms with Gasteiger partial charge in [0.15, 0.2) is 0 Å². The first kappa shape index (κ1) is 12.7. The zero-order valence-electron chi connectivity index (χ0n) is 9.67. The van der Waals surface area contributed by atoms with E-state index in [0.717, 1.165) is 25.0 Å². The first-order valence-electron chi connectivity index (χ1n) is 5.43. The lowest BCUT2D eigenvalue weighted by Gasteiger charge is -2.15. The van der Waals surface area contributed by atoms with Gasteiger partial charge in [0, 0.05) is 0 Å². The van der Waals surface area contributed by atoms with Crippen LogP contribution in [0.1, 0.15) is 40.2 Å². The van der Waals surface area contributed by atoms with Gasteiger partial charge < -0.3 is 10.5 Å². The van der Waals surface area contributed by atoms with Gasteiger partial charge in [-0.25, -0.2) is 0 Å². The lowest BCUT2D eigenvalue weighted by Crippen LogP contribution is -2.17. The number of rotatable bonds is 3. The maximum Gasteiger partial charge on any atom is 0.416 e. The highest BCUT2D eigenvalue weighted by atomic mass is 19.4. The van der Waals surface area contributed by atoms with E-state index in [2.05, 4.69) is 0 Å². The number of nitrogens with two attached hydrogens (primary N) is 1. The minimum absolute atomic E-state index is 0.0244. The molecule has 0 radical (unpaired) electrons. The molecule has 1 aromatic rings. The van der Waals surface area contributed by atoms with Crippen LogP contribution in [0.2, 0.25) is 0 Å². The number of halogens is 3. The van der Waals surface area contributed by atoms with Crippen molar-refractivity contribution < 1.29 is 22.7 Å². The number of carbonyl (C=O) groups excluding carboxylic acids is 1. The van der Waals surface area contributed by atoms with Crippen molar-refractivity contribution in [1.82, 2.24) is 0 Å². The normalized spacial score (nSPS) is 15.6. The van der Waals surface area contributed by atoms with Crippen molar-refractivity contribution in [3.63, 3.8) is 0 Å². The molecule has 1 amide bonds. The zero-order valence-corrected chi connectivity index (χ0v) is 9.67. The average Bonchev–Trinajstić information content (AvgIpc) is 3.09. The van der Waals surface area contributed by atoms with Gasteiger partial charge in [-0.05, 0) is 36.5 Å². The molecular formula is C12H12F3NO2. The highest BCUT2D eigenvalue weighted by Crippen LogP contribution is 2.46. The Labute approximate surface area is 102 Å². The minimum Gasteiger partial charge on any atom is -0.496 e. The standard InChI is InChI=1S/C12H12F3NO2/c1-18-9-5-7(12(13,14)15)4-8(6-2-3-6)10(9)11(16)17/h4-6H,2-3H2,1H3,(H2,16,17). The molecule has 2 N–H and O–H groups in total. The lowest BCUT2D eigenvalue weighted by atomic mass is 9.98. The van der Waals surface area contributed by atoms with E-state index in [1.807, 2.05) is 0 Å². The van der Waals surface area contributed by atoms with E-state index in [-0.39, 0.29) is 17.2 Å². The third-order valence-electron chi connectivity index (χ3n) is 2.94. The third kappa shape index (κ3) is 2.27. The molecular weight excluding hydrogens is 247 g/mol. The number of amides is 1. The van der Waals surface area contributed by atoms with Crippen LogP contribution in [0.15, 0.2) is 12.1 Å². The van der Waals surface area contributed by atoms with Crippen molar-refractivity contribution in [2.45, 2.75) is 24.9 Å². The Balaban J connectivity index is 2.63. The van der Waals surface area contributed by atoms with Crippen molar-refractivity contribution in [3.05, 3.63) is 28.8 Å². The van der Waals surface area contributed by atoms with Crippen LogP contribution >= 0.6 is 0 Å². The molecule has 0 heterocycles. The summed E-state index contributed by atoms with van der Waals surface area (Å²) in [6.45, 7) is 0. The summed E-state index contributed by atoms with van der Waals surface area (Å²) in [5.74, 6) is -0.898. The van der Waals surface area contributed by atoms with E-state index in [9.17, 15) is 18.0 Å². The quantitative estimate of drug-likeness (QED) is 0.907. The first-order chi connectivity index (χ1) is 8.34. The molecule has 1 aromatic carbocycles. The molecule has 0 spiro atoms. The summed E-state index contributed by atoms with van der Waals surface area (Å²) in [5, 5.41) is 0. The van der Waals surface area contributed by atoms with E-state index < -0.39 is 17.6 Å². The number of benzene rings is 1. The van der Waals surface area contributed by atoms with Crippen LogP contribution < -0.4 is 10.5 Å². The van der Waals surface area contributed by atoms with Crippen LogP contribution in [0.4, 0.5) is 13.2 Å². The summed E-state index contributed by atoms with van der Waals surface area (Å²) in [6.07, 6.45) is -2.93. The summed E-state index contributed by atoms with van der Waals surface area (Å²) in [5.41, 5.74) is 4.81. The summed E-state index contributed by atoms with van der Waals surface area (Å²) in [6, 6.07) is 1.81. The van der Waals surface area contributed by atoms with Crippen molar-refractivity contribution in [2.24, 2.45) is 5.73 Å². The molecule has 0 atom stereocenters. The second-order valence-corrected chi connectivity index (χ2v) is 4.28. The Morgan fingerprint density at radius 3 is 2.39 bits per heavy atom. The van der Waals surface area contributed by atoms with E-state index >= 15 is 0 Å². The van der Waals surface area contributed by atoms with Crippen LogP contribution in [0.25, 0.3) is 0 Å². The second-order valence-electron chi connectivity index (χ2n) is 4.28. The van der Waals surface area contributed by atoms with Crippen LogP contribution in [0, 0.1) is 0 Å². The number of hydrogen-bond acceptors (Lipinski definition) is 2. The van der Waals surface area contributed by atoms with Crippen LogP contribution in [-0.2, 0) is 6.18 Å². The predicted molar refractivity (Wildman–Crippen MR) is 58.5 cm³/mol. The van der Waals surface area contributed by atoms with Gasteiger partial charge in [-0.3, -0.25) is 4.79 Å². The van der Waals surface area contributed by atoms with Crippen molar-refractivity contribution in [1.29, 1.82) is 0 Å². The SMILES string of the molecule is COc1cc(C(F)(F)F)cc(C2CC2)c1C(N)=O. The van der Waals surface area contributed by atoms with Gasteiger partial charge in [0.1, 0.15) is 5.75 Å². The van der Waals surface area contributed by atoms with E-state index in [4.69, 9.17) is 10.5 Å². The Kier molecular flexibility index (Phi) is 2.96. The zero-order chi connectivity index (χ0) is 13.5. The van der Waals surface area contributed by atoms with Gasteiger partial charge in [0.25, 0.3) is 5.91 Å². The Morgan fingerprint density at radius 1 is 1.39 bits per heavy atom. The highest BCUT2D eigenvalue weighted by molar-refractivity contribution is 5.97. The lowest BCUT2D eigenvalue weighted by molar-refractivity contribution is -0.137. The number of ether oxygens (including phenoxy) is 1. The summed E-state index contributed by atoms with van der Waals surface area (Å²) in [4.78, 5) is 11.4. The highest BCUT2D eigenvalue weighted by Gasteiger charge is 2.36. The molecule has 1 aliphatic rings. The first-order valence-corrected chi connectivity index (χ1v) is 5.43. The van der Waals surface area contributed by atoms with Crippen LogP contribution in [-0.4, -0.2) is 13.0 Å². The molecule has 3 nitrogen and oxygen atoms in total. The summed E-state index contributed by atoms with van der Waals surface area (Å²) in [7, 11) is 1.22. The molecule has 0 saturated heterocycles. The molecule has 0 unspecified atom stereocenters. The minimum atomic E-state index is -4.47. The number of primary amides is 1. The largest absolute Gasteiger partial charge is 0.496 e. The van der Waals surface area contributed by atoms with E-state index in [1.54, 1.807) is 0 Å². The van der Waals surface area contributed by atoms with Gasteiger partial charge in [-0.2, -0.15) is 13.2 Å². The molecule has 1 fully saturated rings. The van der Waals surface area contributed by atoms with Gasteiger partial charge in [-0.1, -0.05) is 0 Å². The number of alkyl halides is 3. The Bertz CT molecular complexity index is 493. The molecule has 1 saturated carbocycles. The van der Waals surface area contributed by atoms with Crippen molar-refractivity contribution in [3.8, 4) is 5.75 Å². The molecule has 98 valence electrons. The van der Waals surface area contributed by atoms with Gasteiger partial charge in [0.05, 0.1) is 18.2 Å². The molecule has 0 bridgehead atoms. The molecule has 6 heteroatoms. The fourth-order valence-electron chi connectivity index (χ4n) is 1.94. The average molecular weight is 259 g/mol. The van der Waals surface area contributed by atoms with Crippen molar-refractivity contribution >= 4 is 5.91 Å². The Hall–Kier alpha value is -1.72. The Morgan fingerprint density at radius 2 is 2.00 bits per heavy atom. The molecule has 18 heavy (non-hydrogen) atoms. The van der Waals surface area contributed by atoms with Crippen molar-refractivity contribution in [2.75, 3.05) is 7.11 Å². The fourth-order valence-corrected chi connectivity index (χ4v) is 1.94. The number of hydrogen-bond donors (Lipinski definition) is 1.